The van der Waals surface area contributed by atoms with Crippen LogP contribution in [0.25, 0.3) is 0 Å². The standard InChI is InChI=1S/C22H24F2N2O4/c1-3-9-26-12-16(19-17(23)10-15(29-2)11-18(19)24)20(21(26)27)25-22(28)30-13-14-7-5-4-6-8-14/h4-8,10-11,16,20H,3,9,12-13H2,1-2H3,(H,25,28)/t16-,20-/m0/s1. The minimum Gasteiger partial charge on any atom is -0.497 e. The van der Waals surface area contributed by atoms with Crippen molar-refractivity contribution in [3.05, 3.63) is 65.2 Å². The Morgan fingerprint density at radius 3 is 2.47 bits per heavy atom. The summed E-state index contributed by atoms with van der Waals surface area (Å²) in [5.74, 6) is -2.90. The van der Waals surface area contributed by atoms with Gasteiger partial charge in [0.1, 0.15) is 30.0 Å². The summed E-state index contributed by atoms with van der Waals surface area (Å²) in [4.78, 5) is 26.6. The third-order valence-electron chi connectivity index (χ3n) is 5.04. The van der Waals surface area contributed by atoms with Crippen molar-refractivity contribution in [1.82, 2.24) is 10.2 Å². The molecule has 0 unspecified atom stereocenters. The largest absolute Gasteiger partial charge is 0.497 e. The molecule has 0 radical (unpaired) electrons. The van der Waals surface area contributed by atoms with Crippen molar-refractivity contribution in [3.63, 3.8) is 0 Å². The lowest BCUT2D eigenvalue weighted by molar-refractivity contribution is -0.129. The van der Waals surface area contributed by atoms with Gasteiger partial charge in [-0.25, -0.2) is 13.6 Å². The number of hydrogen-bond donors (Lipinski definition) is 1. The van der Waals surface area contributed by atoms with E-state index in [0.29, 0.717) is 13.0 Å². The van der Waals surface area contributed by atoms with Crippen molar-refractivity contribution in [3.8, 4) is 5.75 Å². The van der Waals surface area contributed by atoms with Gasteiger partial charge in [-0.1, -0.05) is 37.3 Å². The fourth-order valence-corrected chi connectivity index (χ4v) is 3.62. The van der Waals surface area contributed by atoms with Gasteiger partial charge in [-0.05, 0) is 12.0 Å². The highest BCUT2D eigenvalue weighted by Crippen LogP contribution is 2.34. The van der Waals surface area contributed by atoms with Crippen LogP contribution >= 0.6 is 0 Å². The molecule has 1 aliphatic heterocycles. The van der Waals surface area contributed by atoms with Gasteiger partial charge in [-0.3, -0.25) is 4.79 Å². The Kier molecular flexibility index (Phi) is 6.87. The molecular weight excluding hydrogens is 394 g/mol. The summed E-state index contributed by atoms with van der Waals surface area (Å²) in [6.45, 7) is 2.43. The number of amides is 2. The van der Waals surface area contributed by atoms with Crippen LogP contribution in [0.5, 0.6) is 5.75 Å². The molecule has 6 nitrogen and oxygen atoms in total. The van der Waals surface area contributed by atoms with Crippen LogP contribution < -0.4 is 10.1 Å². The molecule has 2 aromatic rings. The van der Waals surface area contributed by atoms with Crippen LogP contribution in [0, 0.1) is 11.6 Å². The molecular formula is C22H24F2N2O4. The minimum atomic E-state index is -1.13. The predicted octanol–water partition coefficient (Wildman–Crippen LogP) is 3.60. The van der Waals surface area contributed by atoms with E-state index in [4.69, 9.17) is 9.47 Å². The molecule has 30 heavy (non-hydrogen) atoms. The van der Waals surface area contributed by atoms with E-state index in [1.54, 1.807) is 12.1 Å². The van der Waals surface area contributed by atoms with Crippen molar-refractivity contribution < 1.29 is 27.8 Å². The maximum atomic E-state index is 14.7. The van der Waals surface area contributed by atoms with E-state index in [1.165, 1.54) is 12.0 Å². The average molecular weight is 418 g/mol. The summed E-state index contributed by atoms with van der Waals surface area (Å²) in [7, 11) is 1.31. The Morgan fingerprint density at radius 2 is 1.87 bits per heavy atom. The summed E-state index contributed by atoms with van der Waals surface area (Å²) < 4.78 is 39.4. The second kappa shape index (κ2) is 9.56. The molecule has 0 aliphatic carbocycles. The molecule has 1 N–H and O–H groups in total. The number of halogens is 2. The highest BCUT2D eigenvalue weighted by atomic mass is 19.1. The average Bonchev–Trinajstić information content (AvgIpc) is 3.02. The number of alkyl carbamates (subject to hydrolysis) is 1. The molecule has 0 aromatic heterocycles. The van der Waals surface area contributed by atoms with Crippen LogP contribution in [0.15, 0.2) is 42.5 Å². The van der Waals surface area contributed by atoms with Crippen molar-refractivity contribution in [2.24, 2.45) is 0 Å². The molecule has 0 bridgehead atoms. The van der Waals surface area contributed by atoms with Gasteiger partial charge < -0.3 is 19.7 Å². The first-order valence-electron chi connectivity index (χ1n) is 9.73. The number of methoxy groups -OCH3 is 1. The summed E-state index contributed by atoms with van der Waals surface area (Å²) in [6.07, 6.45) is -0.146. The second-order valence-corrected chi connectivity index (χ2v) is 7.08. The van der Waals surface area contributed by atoms with Gasteiger partial charge in [0.2, 0.25) is 5.91 Å². The summed E-state index contributed by atoms with van der Waals surface area (Å²) in [5.41, 5.74) is 0.526. The lowest BCUT2D eigenvalue weighted by Crippen LogP contribution is -2.44. The molecule has 2 atom stereocenters. The number of carbonyl (C=O) groups excluding carboxylic acids is 2. The Balaban J connectivity index is 1.80. The highest BCUT2D eigenvalue weighted by Gasteiger charge is 2.44. The van der Waals surface area contributed by atoms with Crippen LogP contribution in [0.2, 0.25) is 0 Å². The molecule has 1 saturated heterocycles. The normalized spacial score (nSPS) is 18.4. The fraction of sp³-hybridized carbons (Fsp3) is 0.364. The number of rotatable bonds is 7. The Morgan fingerprint density at radius 1 is 1.20 bits per heavy atom. The van der Waals surface area contributed by atoms with Crippen molar-refractivity contribution >= 4 is 12.0 Å². The maximum Gasteiger partial charge on any atom is 0.408 e. The van der Waals surface area contributed by atoms with E-state index >= 15 is 0 Å². The molecule has 160 valence electrons. The molecule has 2 amide bonds. The fourth-order valence-electron chi connectivity index (χ4n) is 3.62. The lowest BCUT2D eigenvalue weighted by atomic mass is 9.93. The molecule has 0 spiro atoms. The van der Waals surface area contributed by atoms with Crippen molar-refractivity contribution in [2.75, 3.05) is 20.2 Å². The van der Waals surface area contributed by atoms with Crippen molar-refractivity contribution in [2.45, 2.75) is 31.9 Å². The first-order valence-corrected chi connectivity index (χ1v) is 9.73. The first-order chi connectivity index (χ1) is 14.4. The molecule has 8 heteroatoms. The monoisotopic (exact) mass is 418 g/mol. The number of nitrogens with zero attached hydrogens (tertiary/aromatic N) is 1. The molecule has 1 fully saturated rings. The molecule has 3 rings (SSSR count). The second-order valence-electron chi connectivity index (χ2n) is 7.08. The Hall–Kier alpha value is -3.16. The zero-order valence-corrected chi connectivity index (χ0v) is 16.9. The van der Waals surface area contributed by atoms with Crippen LogP contribution in [0.1, 0.15) is 30.4 Å². The third-order valence-corrected chi connectivity index (χ3v) is 5.04. The molecule has 2 aromatic carbocycles. The van der Waals surface area contributed by atoms with Gasteiger partial charge in [-0.2, -0.15) is 0 Å². The van der Waals surface area contributed by atoms with E-state index in [0.717, 1.165) is 17.7 Å². The zero-order valence-electron chi connectivity index (χ0n) is 16.9. The summed E-state index contributed by atoms with van der Waals surface area (Å²) >= 11 is 0. The Bertz CT molecular complexity index is 884. The quantitative estimate of drug-likeness (QED) is 0.746. The SMILES string of the molecule is CCCN1C[C@@H](c2c(F)cc(OC)cc2F)[C@H](NC(=O)OCc2ccccc2)C1=O. The minimum absolute atomic E-state index is 0.0161. The van der Waals surface area contributed by atoms with Crippen LogP contribution in [0.4, 0.5) is 13.6 Å². The molecule has 1 heterocycles. The van der Waals surface area contributed by atoms with Crippen LogP contribution in [-0.4, -0.2) is 43.1 Å². The van der Waals surface area contributed by atoms with Crippen LogP contribution in [0.3, 0.4) is 0 Å². The van der Waals surface area contributed by atoms with Gasteiger partial charge in [0.05, 0.1) is 7.11 Å². The van der Waals surface area contributed by atoms with E-state index in [2.05, 4.69) is 5.32 Å². The maximum absolute atomic E-state index is 14.7. The highest BCUT2D eigenvalue weighted by molar-refractivity contribution is 5.89. The smallest absolute Gasteiger partial charge is 0.408 e. The number of carbonyl (C=O) groups is 2. The van der Waals surface area contributed by atoms with Gasteiger partial charge in [0, 0.05) is 36.7 Å². The zero-order chi connectivity index (χ0) is 21.7. The Labute approximate surface area is 173 Å². The van der Waals surface area contributed by atoms with Crippen molar-refractivity contribution in [1.29, 1.82) is 0 Å². The van der Waals surface area contributed by atoms with E-state index in [1.807, 2.05) is 25.1 Å². The van der Waals surface area contributed by atoms with Crippen LogP contribution in [-0.2, 0) is 16.1 Å². The number of hydrogen-bond acceptors (Lipinski definition) is 4. The van der Waals surface area contributed by atoms with Gasteiger partial charge in [0.15, 0.2) is 0 Å². The van der Waals surface area contributed by atoms with Gasteiger partial charge >= 0.3 is 6.09 Å². The number of likely N-dealkylation sites (tertiary alicyclic amines) is 1. The van der Waals surface area contributed by atoms with Gasteiger partial charge in [0.25, 0.3) is 0 Å². The number of nitrogens with one attached hydrogen (secondary N) is 1. The number of benzene rings is 2. The summed E-state index contributed by atoms with van der Waals surface area (Å²) in [5, 5.41) is 2.50. The number of ether oxygens (including phenoxy) is 2. The van der Waals surface area contributed by atoms with E-state index in [9.17, 15) is 18.4 Å². The van der Waals surface area contributed by atoms with E-state index in [-0.39, 0.29) is 24.5 Å². The molecule has 1 aliphatic rings. The molecule has 0 saturated carbocycles. The van der Waals surface area contributed by atoms with Gasteiger partial charge in [-0.15, -0.1) is 0 Å². The topological polar surface area (TPSA) is 67.9 Å². The lowest BCUT2D eigenvalue weighted by Gasteiger charge is -2.20. The third kappa shape index (κ3) is 4.69. The predicted molar refractivity (Wildman–Crippen MR) is 106 cm³/mol. The summed E-state index contributed by atoms with van der Waals surface area (Å²) in [6, 6.07) is 10.1. The first kappa shape index (κ1) is 21.5. The van der Waals surface area contributed by atoms with E-state index < -0.39 is 35.6 Å².